The maximum absolute atomic E-state index is 13.4. The number of carbonyl (C=O) groups excluding carboxylic acids is 1. The van der Waals surface area contributed by atoms with Crippen LogP contribution in [0.15, 0.2) is 36.4 Å². The van der Waals surface area contributed by atoms with Gasteiger partial charge in [-0.05, 0) is 43.2 Å². The van der Waals surface area contributed by atoms with E-state index in [1.54, 1.807) is 12.1 Å². The molecule has 23 heavy (non-hydrogen) atoms. The smallest absolute Gasteiger partial charge is 0.264 e. The van der Waals surface area contributed by atoms with E-state index in [1.807, 2.05) is 19.9 Å². The number of aryl methyl sites for hydroxylation is 2. The minimum Gasteiger partial charge on any atom is -0.481 e. The Balaban J connectivity index is 1.68. The summed E-state index contributed by atoms with van der Waals surface area (Å²) in [6.07, 6.45) is 0. The number of thiazole rings is 1. The minimum atomic E-state index is -0.494. The van der Waals surface area contributed by atoms with Crippen molar-refractivity contribution in [2.24, 2.45) is 0 Å². The van der Waals surface area contributed by atoms with Crippen molar-refractivity contribution >= 4 is 32.6 Å². The summed E-state index contributed by atoms with van der Waals surface area (Å²) in [4.78, 5) is 16.4. The number of benzene rings is 2. The summed E-state index contributed by atoms with van der Waals surface area (Å²) in [7, 11) is 0. The van der Waals surface area contributed by atoms with Crippen LogP contribution in [0.25, 0.3) is 10.2 Å². The Bertz CT molecular complexity index is 876. The lowest BCUT2D eigenvalue weighted by Gasteiger charge is -2.06. The van der Waals surface area contributed by atoms with Crippen molar-refractivity contribution < 1.29 is 13.9 Å². The molecule has 0 spiro atoms. The zero-order valence-corrected chi connectivity index (χ0v) is 13.5. The summed E-state index contributed by atoms with van der Waals surface area (Å²) in [5, 5.41) is 3.20. The van der Waals surface area contributed by atoms with E-state index >= 15 is 0 Å². The molecule has 0 saturated heterocycles. The number of rotatable bonds is 4. The highest BCUT2D eigenvalue weighted by Crippen LogP contribution is 2.29. The molecule has 0 aliphatic carbocycles. The predicted octanol–water partition coefficient (Wildman–Crippen LogP) is 4.07. The molecule has 6 heteroatoms. The molecule has 1 N–H and O–H groups in total. The summed E-state index contributed by atoms with van der Waals surface area (Å²) < 4.78 is 19.6. The van der Waals surface area contributed by atoms with Crippen molar-refractivity contribution in [3.63, 3.8) is 0 Å². The van der Waals surface area contributed by atoms with E-state index in [-0.39, 0.29) is 18.3 Å². The summed E-state index contributed by atoms with van der Waals surface area (Å²) >= 11 is 1.41. The first-order valence-corrected chi connectivity index (χ1v) is 7.89. The zero-order valence-electron chi connectivity index (χ0n) is 12.7. The fraction of sp³-hybridized carbons (Fsp3) is 0.176. The summed E-state index contributed by atoms with van der Waals surface area (Å²) in [6, 6.07) is 10.1. The average Bonchev–Trinajstić information content (AvgIpc) is 2.89. The molecular formula is C17H15FN2O2S. The van der Waals surface area contributed by atoms with Crippen molar-refractivity contribution in [3.8, 4) is 5.75 Å². The fourth-order valence-corrected chi connectivity index (χ4v) is 3.34. The van der Waals surface area contributed by atoms with Gasteiger partial charge in [-0.1, -0.05) is 29.5 Å². The van der Waals surface area contributed by atoms with Gasteiger partial charge in [0, 0.05) is 0 Å². The Kier molecular flexibility index (Phi) is 4.25. The van der Waals surface area contributed by atoms with E-state index in [2.05, 4.69) is 16.4 Å². The number of halogens is 1. The molecular weight excluding hydrogens is 315 g/mol. The van der Waals surface area contributed by atoms with Crippen LogP contribution in [0.1, 0.15) is 11.1 Å². The Morgan fingerprint density at radius 1 is 1.30 bits per heavy atom. The van der Waals surface area contributed by atoms with Gasteiger partial charge in [0.15, 0.2) is 23.3 Å². The van der Waals surface area contributed by atoms with Crippen LogP contribution in [0.4, 0.5) is 9.52 Å². The quantitative estimate of drug-likeness (QED) is 0.784. The Morgan fingerprint density at radius 2 is 2.09 bits per heavy atom. The van der Waals surface area contributed by atoms with E-state index < -0.39 is 5.82 Å². The maximum Gasteiger partial charge on any atom is 0.264 e. The number of fused-ring (bicyclic) bond motifs is 1. The van der Waals surface area contributed by atoms with Crippen LogP contribution in [0.5, 0.6) is 5.75 Å². The summed E-state index contributed by atoms with van der Waals surface area (Å²) in [6.45, 7) is 3.74. The van der Waals surface area contributed by atoms with Crippen LogP contribution in [0.2, 0.25) is 0 Å². The fourth-order valence-electron chi connectivity index (χ4n) is 2.28. The van der Waals surface area contributed by atoms with Crippen LogP contribution in [0.3, 0.4) is 0 Å². The lowest BCUT2D eigenvalue weighted by molar-refractivity contribution is -0.118. The van der Waals surface area contributed by atoms with Crippen molar-refractivity contribution in [2.45, 2.75) is 13.8 Å². The first kappa shape index (κ1) is 15.4. The molecule has 0 aliphatic heterocycles. The number of nitrogens with zero attached hydrogens (tertiary/aromatic N) is 1. The first-order valence-electron chi connectivity index (χ1n) is 7.08. The largest absolute Gasteiger partial charge is 0.481 e. The van der Waals surface area contributed by atoms with Gasteiger partial charge in [-0.15, -0.1) is 0 Å². The van der Waals surface area contributed by atoms with Crippen LogP contribution in [-0.4, -0.2) is 17.5 Å². The molecule has 0 atom stereocenters. The van der Waals surface area contributed by atoms with Gasteiger partial charge in [0.2, 0.25) is 0 Å². The van der Waals surface area contributed by atoms with Crippen molar-refractivity contribution in [1.29, 1.82) is 0 Å². The van der Waals surface area contributed by atoms with Crippen LogP contribution in [0, 0.1) is 19.7 Å². The molecule has 3 rings (SSSR count). The number of carbonyl (C=O) groups is 1. The van der Waals surface area contributed by atoms with E-state index in [4.69, 9.17) is 4.74 Å². The van der Waals surface area contributed by atoms with Gasteiger partial charge in [-0.3, -0.25) is 10.1 Å². The lowest BCUT2D eigenvalue weighted by Crippen LogP contribution is -2.20. The number of para-hydroxylation sites is 1. The molecule has 4 nitrogen and oxygen atoms in total. The molecule has 0 radical (unpaired) electrons. The molecule has 1 heterocycles. The first-order chi connectivity index (χ1) is 11.0. The number of hydrogen-bond donors (Lipinski definition) is 1. The topological polar surface area (TPSA) is 51.2 Å². The van der Waals surface area contributed by atoms with Gasteiger partial charge in [0.1, 0.15) is 0 Å². The van der Waals surface area contributed by atoms with E-state index in [0.717, 1.165) is 21.3 Å². The van der Waals surface area contributed by atoms with E-state index in [1.165, 1.54) is 23.5 Å². The molecule has 0 fully saturated rings. The van der Waals surface area contributed by atoms with Crippen molar-refractivity contribution in [3.05, 3.63) is 53.3 Å². The lowest BCUT2D eigenvalue weighted by atomic mass is 10.1. The Hall–Kier alpha value is -2.47. The molecule has 1 amide bonds. The minimum absolute atomic E-state index is 0.0541. The van der Waals surface area contributed by atoms with Crippen molar-refractivity contribution in [2.75, 3.05) is 11.9 Å². The molecule has 1 aromatic heterocycles. The number of amides is 1. The predicted molar refractivity (Wildman–Crippen MR) is 89.6 cm³/mol. The second-order valence-electron chi connectivity index (χ2n) is 5.21. The monoisotopic (exact) mass is 330 g/mol. The summed E-state index contributed by atoms with van der Waals surface area (Å²) in [5.74, 6) is -0.813. The Morgan fingerprint density at radius 3 is 2.87 bits per heavy atom. The summed E-state index contributed by atoms with van der Waals surface area (Å²) in [5.41, 5.74) is 3.10. The van der Waals surface area contributed by atoms with E-state index in [0.29, 0.717) is 5.13 Å². The van der Waals surface area contributed by atoms with Gasteiger partial charge in [-0.2, -0.15) is 0 Å². The van der Waals surface area contributed by atoms with Gasteiger partial charge in [0.05, 0.1) is 10.2 Å². The number of anilines is 1. The number of nitrogens with one attached hydrogen (secondary N) is 1. The van der Waals surface area contributed by atoms with E-state index in [9.17, 15) is 9.18 Å². The van der Waals surface area contributed by atoms with Gasteiger partial charge in [0.25, 0.3) is 5.91 Å². The third-order valence-electron chi connectivity index (χ3n) is 3.27. The van der Waals surface area contributed by atoms with Gasteiger partial charge in [-0.25, -0.2) is 9.37 Å². The average molecular weight is 330 g/mol. The zero-order chi connectivity index (χ0) is 16.4. The third-order valence-corrected chi connectivity index (χ3v) is 4.19. The van der Waals surface area contributed by atoms with Crippen molar-refractivity contribution in [1.82, 2.24) is 4.98 Å². The second kappa shape index (κ2) is 6.34. The molecule has 0 aliphatic rings. The number of hydrogen-bond acceptors (Lipinski definition) is 4. The highest BCUT2D eigenvalue weighted by Gasteiger charge is 2.11. The molecule has 0 unspecified atom stereocenters. The Labute approximate surface area is 136 Å². The molecule has 0 saturated carbocycles. The van der Waals surface area contributed by atoms with Crippen LogP contribution >= 0.6 is 11.3 Å². The van der Waals surface area contributed by atoms with Gasteiger partial charge >= 0.3 is 0 Å². The number of aromatic nitrogens is 1. The maximum atomic E-state index is 13.4. The second-order valence-corrected chi connectivity index (χ2v) is 6.25. The molecule has 118 valence electrons. The molecule has 3 aromatic rings. The highest BCUT2D eigenvalue weighted by molar-refractivity contribution is 7.22. The van der Waals surface area contributed by atoms with Crippen LogP contribution in [-0.2, 0) is 4.79 Å². The van der Waals surface area contributed by atoms with Crippen LogP contribution < -0.4 is 10.1 Å². The number of ether oxygens (including phenoxy) is 1. The third kappa shape index (κ3) is 3.48. The van der Waals surface area contributed by atoms with Gasteiger partial charge < -0.3 is 4.74 Å². The normalized spacial score (nSPS) is 10.7. The molecule has 2 aromatic carbocycles. The molecule has 0 bridgehead atoms. The highest BCUT2D eigenvalue weighted by atomic mass is 32.1. The SMILES string of the molecule is Cc1cc(C)c2nc(NC(=O)COc3ccccc3F)sc2c1. The standard InChI is InChI=1S/C17H15FN2O2S/c1-10-7-11(2)16-14(8-10)23-17(20-16)19-15(21)9-22-13-6-4-3-5-12(13)18/h3-8H,9H2,1-2H3,(H,19,20,21).